The molecule has 0 radical (unpaired) electrons. The summed E-state index contributed by atoms with van der Waals surface area (Å²) in [5, 5.41) is 5.19. The smallest absolute Gasteiger partial charge is 0.265 e. The molecule has 3 N–H and O–H groups in total. The van der Waals surface area contributed by atoms with Crippen LogP contribution in [-0.4, -0.2) is 33.4 Å². The van der Waals surface area contributed by atoms with Crippen molar-refractivity contribution in [2.75, 3.05) is 22.5 Å². The van der Waals surface area contributed by atoms with Crippen molar-refractivity contribution >= 4 is 38.9 Å². The molecule has 0 saturated heterocycles. The molecule has 2 amide bonds. The lowest BCUT2D eigenvalue weighted by Gasteiger charge is -2.23. The number of anilines is 3. The van der Waals surface area contributed by atoms with Gasteiger partial charge in [0.15, 0.2) is 6.10 Å². The first-order valence-electron chi connectivity index (χ1n) is 8.29. The van der Waals surface area contributed by atoms with Gasteiger partial charge >= 0.3 is 0 Å². The molecule has 10 heteroatoms. The summed E-state index contributed by atoms with van der Waals surface area (Å²) in [5.74, 6) is 0.104. The molecule has 1 heterocycles. The number of amides is 2. The van der Waals surface area contributed by atoms with E-state index in [9.17, 15) is 18.0 Å². The second-order valence-corrected chi connectivity index (χ2v) is 7.79. The van der Waals surface area contributed by atoms with Crippen LogP contribution in [0.15, 0.2) is 41.3 Å². The van der Waals surface area contributed by atoms with Gasteiger partial charge in [0.25, 0.3) is 15.9 Å². The fraction of sp³-hybridized carbons (Fsp3) is 0.222. The van der Waals surface area contributed by atoms with E-state index in [1.54, 1.807) is 13.0 Å². The summed E-state index contributed by atoms with van der Waals surface area (Å²) >= 11 is 0. The van der Waals surface area contributed by atoms with E-state index >= 15 is 0 Å². The van der Waals surface area contributed by atoms with Crippen LogP contribution in [0.5, 0.6) is 11.5 Å². The van der Waals surface area contributed by atoms with Crippen LogP contribution in [0.2, 0.25) is 0 Å². The second-order valence-electron chi connectivity index (χ2n) is 6.11. The zero-order valence-corrected chi connectivity index (χ0v) is 16.2. The van der Waals surface area contributed by atoms with Crippen LogP contribution < -0.4 is 24.8 Å². The molecule has 1 aliphatic heterocycles. The van der Waals surface area contributed by atoms with E-state index in [-0.39, 0.29) is 28.1 Å². The van der Waals surface area contributed by atoms with Crippen molar-refractivity contribution in [1.29, 1.82) is 0 Å². The molecular weight excluding hydrogens is 386 g/mol. The van der Waals surface area contributed by atoms with Gasteiger partial charge in [0.05, 0.1) is 29.1 Å². The predicted octanol–water partition coefficient (Wildman–Crippen LogP) is 2.17. The zero-order valence-electron chi connectivity index (χ0n) is 15.4. The Balaban J connectivity index is 1.89. The van der Waals surface area contributed by atoms with Gasteiger partial charge in [0, 0.05) is 6.92 Å². The van der Waals surface area contributed by atoms with Gasteiger partial charge in [-0.3, -0.25) is 14.3 Å². The van der Waals surface area contributed by atoms with E-state index in [0.717, 1.165) is 0 Å². The zero-order chi connectivity index (χ0) is 20.5. The Morgan fingerprint density at radius 1 is 1.21 bits per heavy atom. The van der Waals surface area contributed by atoms with Crippen LogP contribution in [0.4, 0.5) is 17.1 Å². The van der Waals surface area contributed by atoms with Gasteiger partial charge in [-0.1, -0.05) is 0 Å². The van der Waals surface area contributed by atoms with Gasteiger partial charge in [-0.25, -0.2) is 8.42 Å². The molecule has 28 heavy (non-hydrogen) atoms. The van der Waals surface area contributed by atoms with Gasteiger partial charge in [-0.05, 0) is 43.3 Å². The van der Waals surface area contributed by atoms with Crippen LogP contribution >= 0.6 is 0 Å². The largest absolute Gasteiger partial charge is 0.495 e. The Morgan fingerprint density at radius 3 is 2.64 bits per heavy atom. The fourth-order valence-electron chi connectivity index (χ4n) is 2.63. The van der Waals surface area contributed by atoms with Crippen molar-refractivity contribution in [2.45, 2.75) is 24.8 Å². The number of fused-ring (bicyclic) bond motifs is 1. The van der Waals surface area contributed by atoms with Crippen molar-refractivity contribution < 1.29 is 27.5 Å². The van der Waals surface area contributed by atoms with E-state index in [2.05, 4.69) is 15.4 Å². The highest BCUT2D eigenvalue weighted by Gasteiger charge is 2.24. The Hall–Kier alpha value is -3.27. The van der Waals surface area contributed by atoms with Crippen LogP contribution in [0, 0.1) is 0 Å². The minimum atomic E-state index is -3.96. The summed E-state index contributed by atoms with van der Waals surface area (Å²) in [5.41, 5.74) is 0.851. The number of carbonyl (C=O) groups excluding carboxylic acids is 2. The second kappa shape index (κ2) is 7.39. The molecule has 0 fully saturated rings. The molecule has 0 bridgehead atoms. The topological polar surface area (TPSA) is 123 Å². The van der Waals surface area contributed by atoms with Gasteiger partial charge in [0.2, 0.25) is 5.91 Å². The number of nitrogens with one attached hydrogen (secondary N) is 3. The molecule has 0 aliphatic carbocycles. The maximum absolute atomic E-state index is 12.7. The fourth-order valence-corrected chi connectivity index (χ4v) is 3.70. The van der Waals surface area contributed by atoms with E-state index in [1.807, 2.05) is 0 Å². The molecule has 2 aromatic rings. The third-order valence-electron chi connectivity index (χ3n) is 3.95. The average Bonchev–Trinajstić information content (AvgIpc) is 2.62. The quantitative estimate of drug-likeness (QED) is 0.701. The molecular formula is C18H19N3O6S. The molecule has 9 nitrogen and oxygen atoms in total. The Bertz CT molecular complexity index is 1050. The maximum atomic E-state index is 12.7. The van der Waals surface area contributed by atoms with Crippen LogP contribution in [0.3, 0.4) is 0 Å². The summed E-state index contributed by atoms with van der Waals surface area (Å²) in [4.78, 5) is 23.0. The number of sulfonamides is 1. The van der Waals surface area contributed by atoms with Gasteiger partial charge in [-0.15, -0.1) is 0 Å². The monoisotopic (exact) mass is 405 g/mol. The number of methoxy groups -OCH3 is 1. The third-order valence-corrected chi connectivity index (χ3v) is 5.33. The van der Waals surface area contributed by atoms with Crippen LogP contribution in [0.25, 0.3) is 0 Å². The first kappa shape index (κ1) is 19.5. The Kier molecular flexibility index (Phi) is 5.14. The lowest BCUT2D eigenvalue weighted by atomic mass is 10.2. The molecule has 0 spiro atoms. The number of carbonyl (C=O) groups is 2. The maximum Gasteiger partial charge on any atom is 0.265 e. The van der Waals surface area contributed by atoms with E-state index in [1.165, 1.54) is 44.4 Å². The minimum Gasteiger partial charge on any atom is -0.495 e. The predicted molar refractivity (Wildman–Crippen MR) is 103 cm³/mol. The normalized spacial score (nSPS) is 15.7. The first-order chi connectivity index (χ1) is 13.2. The Morgan fingerprint density at radius 2 is 1.96 bits per heavy atom. The van der Waals surface area contributed by atoms with Crippen molar-refractivity contribution in [1.82, 2.24) is 0 Å². The molecule has 1 atom stereocenters. The average molecular weight is 405 g/mol. The summed E-state index contributed by atoms with van der Waals surface area (Å²) in [6.45, 7) is 2.93. The molecule has 148 valence electrons. The summed E-state index contributed by atoms with van der Waals surface area (Å²) in [6.07, 6.45) is -0.624. The lowest BCUT2D eigenvalue weighted by molar-refractivity contribution is -0.122. The first-order valence-corrected chi connectivity index (χ1v) is 9.78. The number of rotatable bonds is 5. The molecule has 0 aromatic heterocycles. The highest BCUT2D eigenvalue weighted by atomic mass is 32.2. The summed E-state index contributed by atoms with van der Waals surface area (Å²) in [6, 6.07) is 8.67. The third kappa shape index (κ3) is 4.01. The van der Waals surface area contributed by atoms with Crippen molar-refractivity contribution in [2.24, 2.45) is 0 Å². The number of ether oxygens (including phenoxy) is 2. The minimum absolute atomic E-state index is 0.0660. The SMILES string of the molecule is COc1ccc(S(=O)(=O)Nc2ccc3c(c2)NC(=O)[C@H](C)O3)cc1NC(C)=O. The molecule has 0 saturated carbocycles. The molecule has 2 aromatic carbocycles. The lowest BCUT2D eigenvalue weighted by Crippen LogP contribution is -2.34. The molecule has 1 aliphatic rings. The standard InChI is InChI=1S/C18H19N3O6S/c1-10-18(23)20-14-8-12(4-6-17(14)27-10)21-28(24,25)13-5-7-16(26-3)15(9-13)19-11(2)22/h4-10,21H,1-3H3,(H,19,22)(H,20,23)/t10-/m0/s1. The Labute approximate surface area is 162 Å². The highest BCUT2D eigenvalue weighted by molar-refractivity contribution is 7.92. The van der Waals surface area contributed by atoms with E-state index in [0.29, 0.717) is 17.2 Å². The highest BCUT2D eigenvalue weighted by Crippen LogP contribution is 2.33. The molecule has 3 rings (SSSR count). The van der Waals surface area contributed by atoms with Crippen LogP contribution in [0.1, 0.15) is 13.8 Å². The summed E-state index contributed by atoms with van der Waals surface area (Å²) in [7, 11) is -2.54. The van der Waals surface area contributed by atoms with Gasteiger partial charge < -0.3 is 20.1 Å². The number of benzene rings is 2. The summed E-state index contributed by atoms with van der Waals surface area (Å²) < 4.78 is 38.5. The van der Waals surface area contributed by atoms with Crippen molar-refractivity contribution in [3.05, 3.63) is 36.4 Å². The number of hydrogen-bond acceptors (Lipinski definition) is 6. The van der Waals surface area contributed by atoms with Gasteiger partial charge in [-0.2, -0.15) is 0 Å². The molecule has 0 unspecified atom stereocenters. The van der Waals surface area contributed by atoms with Gasteiger partial charge in [0.1, 0.15) is 11.5 Å². The number of hydrogen-bond donors (Lipinski definition) is 3. The van der Waals surface area contributed by atoms with Crippen molar-refractivity contribution in [3.8, 4) is 11.5 Å². The van der Waals surface area contributed by atoms with E-state index < -0.39 is 16.1 Å². The van der Waals surface area contributed by atoms with E-state index in [4.69, 9.17) is 9.47 Å². The van der Waals surface area contributed by atoms with Crippen LogP contribution in [-0.2, 0) is 19.6 Å². The van der Waals surface area contributed by atoms with Crippen molar-refractivity contribution in [3.63, 3.8) is 0 Å².